The molecular weight excluding hydrogens is 324 g/mol. The molecule has 0 fully saturated rings. The highest BCUT2D eigenvalue weighted by Gasteiger charge is 2.10. The third kappa shape index (κ3) is 4.07. The van der Waals surface area contributed by atoms with E-state index in [0.29, 0.717) is 12.5 Å². The first-order chi connectivity index (χ1) is 12.6. The fourth-order valence-corrected chi connectivity index (χ4v) is 3.29. The number of rotatable bonds is 8. The van der Waals surface area contributed by atoms with Gasteiger partial charge in [0.2, 0.25) is 0 Å². The smallest absolute Gasteiger partial charge is 0.135 e. The molecule has 3 rings (SSSR count). The van der Waals surface area contributed by atoms with E-state index in [2.05, 4.69) is 54.6 Å². The van der Waals surface area contributed by atoms with Crippen LogP contribution in [0.2, 0.25) is 0 Å². The number of aryl methyl sites for hydroxylation is 2. The van der Waals surface area contributed by atoms with Crippen molar-refractivity contribution >= 4 is 11.0 Å². The van der Waals surface area contributed by atoms with Gasteiger partial charge in [-0.15, -0.1) is 0 Å². The van der Waals surface area contributed by atoms with Crippen molar-refractivity contribution in [3.05, 3.63) is 59.4 Å². The number of imidazole rings is 1. The van der Waals surface area contributed by atoms with Crippen molar-refractivity contribution in [2.75, 3.05) is 6.61 Å². The molecular formula is C22H28N2O2. The minimum Gasteiger partial charge on any atom is -0.493 e. The molecule has 0 spiro atoms. The standard InChI is InChI=1S/C22H28N2O2/c1-16(2)18-11-10-17(3)14-21(18)26-13-7-6-12-24-20-9-5-4-8-19(20)23-22(24)15-25/h4-5,8-11,14,16,25H,6-7,12-13,15H2,1-3H3. The maximum Gasteiger partial charge on any atom is 0.135 e. The number of nitrogens with zero attached hydrogens (tertiary/aromatic N) is 2. The van der Waals surface area contributed by atoms with Gasteiger partial charge in [-0.2, -0.15) is 0 Å². The summed E-state index contributed by atoms with van der Waals surface area (Å²) in [4.78, 5) is 4.50. The molecule has 0 atom stereocenters. The molecule has 0 radical (unpaired) electrons. The summed E-state index contributed by atoms with van der Waals surface area (Å²) in [6.07, 6.45) is 1.94. The lowest BCUT2D eigenvalue weighted by atomic mass is 10.0. The zero-order valence-electron chi connectivity index (χ0n) is 15.9. The molecule has 0 aliphatic heterocycles. The molecule has 0 saturated heterocycles. The van der Waals surface area contributed by atoms with Gasteiger partial charge in [-0.25, -0.2) is 4.98 Å². The molecule has 1 heterocycles. The highest BCUT2D eigenvalue weighted by Crippen LogP contribution is 2.27. The van der Waals surface area contributed by atoms with E-state index in [1.54, 1.807) is 0 Å². The lowest BCUT2D eigenvalue weighted by Gasteiger charge is -2.15. The van der Waals surface area contributed by atoms with E-state index in [4.69, 9.17) is 4.74 Å². The molecule has 2 aromatic carbocycles. The first kappa shape index (κ1) is 18.5. The molecule has 0 unspecified atom stereocenters. The summed E-state index contributed by atoms with van der Waals surface area (Å²) in [5, 5.41) is 9.57. The number of benzene rings is 2. The van der Waals surface area contributed by atoms with Crippen molar-refractivity contribution in [3.63, 3.8) is 0 Å². The van der Waals surface area contributed by atoms with Crippen molar-refractivity contribution in [1.82, 2.24) is 9.55 Å². The summed E-state index contributed by atoms with van der Waals surface area (Å²) in [6, 6.07) is 14.5. The van der Waals surface area contributed by atoms with Gasteiger partial charge >= 0.3 is 0 Å². The Morgan fingerprint density at radius 3 is 2.69 bits per heavy atom. The van der Waals surface area contributed by atoms with Crippen LogP contribution in [0.5, 0.6) is 5.75 Å². The molecule has 26 heavy (non-hydrogen) atoms. The quantitative estimate of drug-likeness (QED) is 0.591. The molecule has 0 amide bonds. The summed E-state index contributed by atoms with van der Waals surface area (Å²) in [5.41, 5.74) is 4.51. The van der Waals surface area contributed by atoms with E-state index in [9.17, 15) is 5.11 Å². The zero-order valence-corrected chi connectivity index (χ0v) is 15.9. The fourth-order valence-electron chi connectivity index (χ4n) is 3.29. The first-order valence-corrected chi connectivity index (χ1v) is 9.38. The van der Waals surface area contributed by atoms with E-state index in [-0.39, 0.29) is 6.61 Å². The van der Waals surface area contributed by atoms with E-state index in [1.165, 1.54) is 11.1 Å². The minimum absolute atomic E-state index is 0.0355. The van der Waals surface area contributed by atoms with Gasteiger partial charge in [-0.3, -0.25) is 0 Å². The predicted molar refractivity (Wildman–Crippen MR) is 106 cm³/mol. The molecule has 1 N–H and O–H groups in total. The molecule has 4 heteroatoms. The molecule has 1 aromatic heterocycles. The fraction of sp³-hybridized carbons (Fsp3) is 0.409. The van der Waals surface area contributed by atoms with Gasteiger partial charge in [0, 0.05) is 6.54 Å². The van der Waals surface area contributed by atoms with Gasteiger partial charge in [0.05, 0.1) is 17.6 Å². The van der Waals surface area contributed by atoms with Crippen LogP contribution in [-0.2, 0) is 13.2 Å². The molecule has 0 aliphatic carbocycles. The lowest BCUT2D eigenvalue weighted by Crippen LogP contribution is -2.07. The Kier molecular flexibility index (Phi) is 5.94. The Hall–Kier alpha value is -2.33. The Balaban J connectivity index is 1.58. The van der Waals surface area contributed by atoms with Crippen LogP contribution in [-0.4, -0.2) is 21.3 Å². The molecule has 0 bridgehead atoms. The number of aliphatic hydroxyl groups is 1. The van der Waals surface area contributed by atoms with Crippen LogP contribution in [0.25, 0.3) is 11.0 Å². The maximum absolute atomic E-state index is 9.57. The van der Waals surface area contributed by atoms with E-state index >= 15 is 0 Å². The first-order valence-electron chi connectivity index (χ1n) is 9.38. The van der Waals surface area contributed by atoms with E-state index < -0.39 is 0 Å². The van der Waals surface area contributed by atoms with Crippen molar-refractivity contribution < 1.29 is 9.84 Å². The summed E-state index contributed by atoms with van der Waals surface area (Å²) in [6.45, 7) is 7.98. The molecule has 0 aliphatic rings. The Bertz CT molecular complexity index is 868. The largest absolute Gasteiger partial charge is 0.493 e. The van der Waals surface area contributed by atoms with Gasteiger partial charge in [0.1, 0.15) is 18.2 Å². The average Bonchev–Trinajstić information content (AvgIpc) is 2.99. The van der Waals surface area contributed by atoms with Crippen LogP contribution < -0.4 is 4.74 Å². The number of fused-ring (bicyclic) bond motifs is 1. The number of hydrogen-bond donors (Lipinski definition) is 1. The van der Waals surface area contributed by atoms with Crippen LogP contribution in [0.15, 0.2) is 42.5 Å². The SMILES string of the molecule is Cc1ccc(C(C)C)c(OCCCCn2c(CO)nc3ccccc32)c1. The van der Waals surface area contributed by atoms with Crippen molar-refractivity contribution in [2.24, 2.45) is 0 Å². The second-order valence-electron chi connectivity index (χ2n) is 7.08. The van der Waals surface area contributed by atoms with Gasteiger partial charge in [-0.1, -0.05) is 38.1 Å². The zero-order chi connectivity index (χ0) is 18.5. The number of unbranched alkanes of at least 4 members (excludes halogenated alkanes) is 1. The molecule has 4 nitrogen and oxygen atoms in total. The van der Waals surface area contributed by atoms with E-state index in [1.807, 2.05) is 18.2 Å². The van der Waals surface area contributed by atoms with Crippen LogP contribution in [0.4, 0.5) is 0 Å². The number of ether oxygens (including phenoxy) is 1. The summed E-state index contributed by atoms with van der Waals surface area (Å²) < 4.78 is 8.18. The summed E-state index contributed by atoms with van der Waals surface area (Å²) >= 11 is 0. The Labute approximate surface area is 155 Å². The van der Waals surface area contributed by atoms with Crippen LogP contribution in [0.1, 0.15) is 49.6 Å². The number of aliphatic hydroxyl groups excluding tert-OH is 1. The van der Waals surface area contributed by atoms with Crippen molar-refractivity contribution in [1.29, 1.82) is 0 Å². The second-order valence-corrected chi connectivity index (χ2v) is 7.08. The van der Waals surface area contributed by atoms with Crippen LogP contribution >= 0.6 is 0 Å². The molecule has 138 valence electrons. The second kappa shape index (κ2) is 8.37. The van der Waals surface area contributed by atoms with Gasteiger partial charge in [0.25, 0.3) is 0 Å². The number of aromatic nitrogens is 2. The summed E-state index contributed by atoms with van der Waals surface area (Å²) in [7, 11) is 0. The van der Waals surface area contributed by atoms with Gasteiger partial charge in [-0.05, 0) is 55.0 Å². The Morgan fingerprint density at radius 1 is 1.12 bits per heavy atom. The maximum atomic E-state index is 9.57. The third-order valence-corrected chi connectivity index (χ3v) is 4.70. The lowest BCUT2D eigenvalue weighted by molar-refractivity contribution is 0.263. The molecule has 3 aromatic rings. The van der Waals surface area contributed by atoms with Crippen LogP contribution in [0.3, 0.4) is 0 Å². The van der Waals surface area contributed by atoms with Gasteiger partial charge in [0.15, 0.2) is 0 Å². The van der Waals surface area contributed by atoms with Crippen molar-refractivity contribution in [2.45, 2.75) is 52.7 Å². The normalized spacial score (nSPS) is 11.4. The topological polar surface area (TPSA) is 47.3 Å². The third-order valence-electron chi connectivity index (χ3n) is 4.70. The highest BCUT2D eigenvalue weighted by molar-refractivity contribution is 5.75. The number of hydrogen-bond acceptors (Lipinski definition) is 3. The Morgan fingerprint density at radius 2 is 1.92 bits per heavy atom. The number of para-hydroxylation sites is 2. The monoisotopic (exact) mass is 352 g/mol. The summed E-state index contributed by atoms with van der Waals surface area (Å²) in [5.74, 6) is 2.19. The average molecular weight is 352 g/mol. The van der Waals surface area contributed by atoms with Crippen molar-refractivity contribution in [3.8, 4) is 5.75 Å². The minimum atomic E-state index is -0.0355. The van der Waals surface area contributed by atoms with E-state index in [0.717, 1.165) is 42.0 Å². The van der Waals surface area contributed by atoms with Crippen LogP contribution in [0, 0.1) is 6.92 Å². The molecule has 0 saturated carbocycles. The van der Waals surface area contributed by atoms with Gasteiger partial charge < -0.3 is 14.4 Å². The highest BCUT2D eigenvalue weighted by atomic mass is 16.5. The predicted octanol–water partition coefficient (Wildman–Crippen LogP) is 4.82.